The molecule has 0 atom stereocenters. The quantitative estimate of drug-likeness (QED) is 0.641. The molecule has 72 valence electrons. The molecular formula is C13H10N2. The minimum atomic E-state index is 0.440. The molecule has 2 nitrogen and oxygen atoms in total. The second-order valence-corrected chi connectivity index (χ2v) is 3.49. The third kappa shape index (κ3) is 1.47. The first-order valence-electron chi connectivity index (χ1n) is 4.69. The molecule has 0 radical (unpaired) electrons. The third-order valence-electron chi connectivity index (χ3n) is 2.42. The van der Waals surface area contributed by atoms with E-state index in [9.17, 15) is 0 Å². The molecule has 0 aliphatic heterocycles. The molecule has 0 saturated carbocycles. The van der Waals surface area contributed by atoms with Crippen molar-refractivity contribution in [2.75, 3.05) is 0 Å². The zero-order chi connectivity index (χ0) is 10.8. The van der Waals surface area contributed by atoms with Crippen LogP contribution in [0, 0.1) is 30.6 Å². The number of aromatic nitrogens is 1. The Labute approximate surface area is 88.7 Å². The van der Waals surface area contributed by atoms with E-state index in [4.69, 9.17) is 11.7 Å². The Bertz CT molecular complexity index is 591. The van der Waals surface area contributed by atoms with Crippen LogP contribution in [-0.2, 0) is 6.54 Å². The van der Waals surface area contributed by atoms with Crippen molar-refractivity contribution >= 4 is 10.9 Å². The monoisotopic (exact) mass is 194 g/mol. The highest BCUT2D eigenvalue weighted by atomic mass is 15.0. The van der Waals surface area contributed by atoms with E-state index < -0.39 is 0 Å². The number of fused-ring (bicyclic) bond motifs is 1. The van der Waals surface area contributed by atoms with Gasteiger partial charge in [0.2, 0.25) is 0 Å². The van der Waals surface area contributed by atoms with Crippen LogP contribution in [0.5, 0.6) is 0 Å². The van der Waals surface area contributed by atoms with Crippen LogP contribution in [0.15, 0.2) is 24.3 Å². The van der Waals surface area contributed by atoms with E-state index in [2.05, 4.69) is 18.1 Å². The van der Waals surface area contributed by atoms with Gasteiger partial charge in [-0.1, -0.05) is 17.6 Å². The van der Waals surface area contributed by atoms with Crippen molar-refractivity contribution in [2.24, 2.45) is 0 Å². The van der Waals surface area contributed by atoms with Crippen molar-refractivity contribution in [3.8, 4) is 18.4 Å². The second kappa shape index (κ2) is 3.52. The van der Waals surface area contributed by atoms with Crippen LogP contribution in [0.4, 0.5) is 0 Å². The molecule has 1 aromatic carbocycles. The predicted molar refractivity (Wildman–Crippen MR) is 60.2 cm³/mol. The topological polar surface area (TPSA) is 28.7 Å². The molecule has 2 aromatic rings. The molecule has 0 bridgehead atoms. The summed E-state index contributed by atoms with van der Waals surface area (Å²) in [5.41, 5.74) is 2.83. The van der Waals surface area contributed by atoms with Gasteiger partial charge in [0.05, 0.1) is 12.1 Å². The van der Waals surface area contributed by atoms with Gasteiger partial charge in [0.25, 0.3) is 0 Å². The number of hydrogen-bond donors (Lipinski definition) is 0. The molecule has 0 spiro atoms. The number of hydrogen-bond acceptors (Lipinski definition) is 1. The van der Waals surface area contributed by atoms with E-state index >= 15 is 0 Å². The van der Waals surface area contributed by atoms with E-state index in [1.165, 1.54) is 5.56 Å². The maximum atomic E-state index is 8.98. The Morgan fingerprint density at radius 1 is 1.40 bits per heavy atom. The fourth-order valence-electron chi connectivity index (χ4n) is 1.74. The summed E-state index contributed by atoms with van der Waals surface area (Å²) in [7, 11) is 0. The van der Waals surface area contributed by atoms with Gasteiger partial charge in [0.1, 0.15) is 11.8 Å². The lowest BCUT2D eigenvalue weighted by Crippen LogP contribution is -1.97. The summed E-state index contributed by atoms with van der Waals surface area (Å²) in [5.74, 6) is 2.56. The Morgan fingerprint density at radius 3 is 2.87 bits per heavy atom. The summed E-state index contributed by atoms with van der Waals surface area (Å²) >= 11 is 0. The van der Waals surface area contributed by atoms with Crippen molar-refractivity contribution in [1.29, 1.82) is 5.26 Å². The predicted octanol–water partition coefficient (Wildman–Crippen LogP) is 2.45. The van der Waals surface area contributed by atoms with Crippen LogP contribution in [0.25, 0.3) is 10.9 Å². The van der Waals surface area contributed by atoms with Gasteiger partial charge in [-0.2, -0.15) is 5.26 Å². The van der Waals surface area contributed by atoms with Crippen LogP contribution < -0.4 is 0 Å². The largest absolute Gasteiger partial charge is 0.321 e. The summed E-state index contributed by atoms with van der Waals surface area (Å²) < 4.78 is 1.86. The minimum Gasteiger partial charge on any atom is -0.321 e. The minimum absolute atomic E-state index is 0.440. The van der Waals surface area contributed by atoms with Crippen LogP contribution in [-0.4, -0.2) is 4.57 Å². The smallest absolute Gasteiger partial charge is 0.122 e. The Kier molecular flexibility index (Phi) is 2.20. The highest BCUT2D eigenvalue weighted by Gasteiger charge is 2.06. The maximum Gasteiger partial charge on any atom is 0.122 e. The van der Waals surface area contributed by atoms with Gasteiger partial charge in [-0.05, 0) is 25.1 Å². The summed E-state index contributed by atoms with van der Waals surface area (Å²) in [6.07, 6.45) is 5.28. The van der Waals surface area contributed by atoms with Gasteiger partial charge >= 0.3 is 0 Å². The van der Waals surface area contributed by atoms with Crippen LogP contribution in [0.1, 0.15) is 11.3 Å². The molecular weight excluding hydrogens is 184 g/mol. The molecule has 0 N–H and O–H groups in total. The van der Waals surface area contributed by atoms with Crippen molar-refractivity contribution in [3.63, 3.8) is 0 Å². The summed E-state index contributed by atoms with van der Waals surface area (Å²) in [5, 5.41) is 10.0. The molecule has 15 heavy (non-hydrogen) atoms. The van der Waals surface area contributed by atoms with Crippen molar-refractivity contribution in [1.82, 2.24) is 4.57 Å². The number of rotatable bonds is 1. The van der Waals surface area contributed by atoms with Gasteiger partial charge in [-0.3, -0.25) is 0 Å². The molecule has 2 heteroatoms. The number of aryl methyl sites for hydroxylation is 1. The normalized spacial score (nSPS) is 9.80. The summed E-state index contributed by atoms with van der Waals surface area (Å²) in [6.45, 7) is 2.47. The zero-order valence-electron chi connectivity index (χ0n) is 8.49. The standard InChI is InChI=1S/C13H10N2/c1-3-6-15-12(9-14)8-11-7-10(2)4-5-13(11)15/h1,4-5,7-8H,6H2,2H3. The lowest BCUT2D eigenvalue weighted by Gasteiger charge is -2.01. The average Bonchev–Trinajstić information content (AvgIpc) is 2.56. The van der Waals surface area contributed by atoms with E-state index in [1.54, 1.807) is 0 Å². The van der Waals surface area contributed by atoms with Crippen molar-refractivity contribution < 1.29 is 0 Å². The first kappa shape index (κ1) is 9.37. The lowest BCUT2D eigenvalue weighted by molar-refractivity contribution is 0.870. The Morgan fingerprint density at radius 2 is 2.20 bits per heavy atom. The summed E-state index contributed by atoms with van der Waals surface area (Å²) in [4.78, 5) is 0. The molecule has 0 fully saturated rings. The average molecular weight is 194 g/mol. The molecule has 0 aliphatic rings. The van der Waals surface area contributed by atoms with E-state index in [-0.39, 0.29) is 0 Å². The van der Waals surface area contributed by atoms with Crippen LogP contribution >= 0.6 is 0 Å². The third-order valence-corrected chi connectivity index (χ3v) is 2.42. The van der Waals surface area contributed by atoms with Crippen LogP contribution in [0.3, 0.4) is 0 Å². The second-order valence-electron chi connectivity index (χ2n) is 3.49. The first-order chi connectivity index (χ1) is 7.26. The van der Waals surface area contributed by atoms with Gasteiger partial charge in [0.15, 0.2) is 0 Å². The molecule has 0 amide bonds. The van der Waals surface area contributed by atoms with Crippen LogP contribution in [0.2, 0.25) is 0 Å². The Balaban J connectivity index is 2.77. The fraction of sp³-hybridized carbons (Fsp3) is 0.154. The number of terminal acetylenes is 1. The molecule has 0 unspecified atom stereocenters. The molecule has 0 saturated heterocycles. The van der Waals surface area contributed by atoms with Gasteiger partial charge in [-0.15, -0.1) is 6.42 Å². The number of benzene rings is 1. The van der Waals surface area contributed by atoms with E-state index in [0.717, 1.165) is 10.9 Å². The SMILES string of the molecule is C#CCn1c(C#N)cc2cc(C)ccc21. The molecule has 0 aliphatic carbocycles. The van der Waals surface area contributed by atoms with E-state index in [1.807, 2.05) is 29.7 Å². The maximum absolute atomic E-state index is 8.98. The van der Waals surface area contributed by atoms with E-state index in [0.29, 0.717) is 12.2 Å². The first-order valence-corrected chi connectivity index (χ1v) is 4.69. The van der Waals surface area contributed by atoms with Crippen molar-refractivity contribution in [2.45, 2.75) is 13.5 Å². The lowest BCUT2D eigenvalue weighted by atomic mass is 10.2. The molecule has 2 rings (SSSR count). The molecule has 1 aromatic heterocycles. The molecule has 1 heterocycles. The van der Waals surface area contributed by atoms with Gasteiger partial charge in [-0.25, -0.2) is 0 Å². The highest BCUT2D eigenvalue weighted by Crippen LogP contribution is 2.20. The number of nitriles is 1. The fourth-order valence-corrected chi connectivity index (χ4v) is 1.74. The van der Waals surface area contributed by atoms with Gasteiger partial charge < -0.3 is 4.57 Å². The van der Waals surface area contributed by atoms with Crippen molar-refractivity contribution in [3.05, 3.63) is 35.5 Å². The Hall–Kier alpha value is -2.19. The van der Waals surface area contributed by atoms with Gasteiger partial charge in [0, 0.05) is 5.39 Å². The number of nitrogens with zero attached hydrogens (tertiary/aromatic N) is 2. The highest BCUT2D eigenvalue weighted by molar-refractivity contribution is 5.83. The summed E-state index contributed by atoms with van der Waals surface area (Å²) in [6, 6.07) is 10.1. The zero-order valence-corrected chi connectivity index (χ0v) is 8.49.